The molecule has 2 rings (SSSR count). The van der Waals surface area contributed by atoms with Gasteiger partial charge in [0.2, 0.25) is 0 Å². The lowest BCUT2D eigenvalue weighted by Crippen LogP contribution is -2.34. The van der Waals surface area contributed by atoms with Crippen LogP contribution in [0.15, 0.2) is 35.7 Å². The van der Waals surface area contributed by atoms with E-state index < -0.39 is 4.92 Å². The molecule has 0 saturated heterocycles. The molecule has 0 fully saturated rings. The zero-order valence-electron chi connectivity index (χ0n) is 13.3. The van der Waals surface area contributed by atoms with E-state index in [1.54, 1.807) is 24.3 Å². The molecule has 0 aliphatic rings. The maximum absolute atomic E-state index is 12.4. The number of likely N-dealkylation sites (N-methyl/N-ethyl adjacent to an activating group) is 1. The second-order valence-electron chi connectivity index (χ2n) is 5.41. The van der Waals surface area contributed by atoms with Crippen molar-refractivity contribution in [1.29, 1.82) is 0 Å². The Bertz CT molecular complexity index is 699. The van der Waals surface area contributed by atoms with Crippen LogP contribution in [-0.4, -0.2) is 36.4 Å². The molecule has 1 aromatic carbocycles. The van der Waals surface area contributed by atoms with Crippen LogP contribution in [0.1, 0.15) is 26.8 Å². The van der Waals surface area contributed by atoms with Crippen LogP contribution < -0.4 is 5.32 Å². The molecule has 0 spiro atoms. The number of carbonyl (C=O) groups excluding carboxylic acids is 1. The predicted octanol–water partition coefficient (Wildman–Crippen LogP) is 3.00. The first-order valence-corrected chi connectivity index (χ1v) is 8.01. The van der Waals surface area contributed by atoms with Gasteiger partial charge in [0.05, 0.1) is 11.0 Å². The lowest BCUT2D eigenvalue weighted by molar-refractivity contribution is -0.385. The summed E-state index contributed by atoms with van der Waals surface area (Å²) in [6.45, 7) is 2.03. The number of rotatable bonds is 6. The number of nitrogens with one attached hydrogen (secondary N) is 1. The number of benzene rings is 1. The fourth-order valence-electron chi connectivity index (χ4n) is 2.37. The molecule has 1 amide bonds. The van der Waals surface area contributed by atoms with Gasteiger partial charge < -0.3 is 10.2 Å². The van der Waals surface area contributed by atoms with Crippen molar-refractivity contribution in [3.63, 3.8) is 0 Å². The lowest BCUT2D eigenvalue weighted by atomic mass is 10.1. The Morgan fingerprint density at radius 1 is 1.35 bits per heavy atom. The molecule has 0 saturated carbocycles. The Morgan fingerprint density at radius 2 is 2.09 bits per heavy atom. The third-order valence-corrected chi connectivity index (χ3v) is 4.67. The van der Waals surface area contributed by atoms with E-state index in [4.69, 9.17) is 0 Å². The van der Waals surface area contributed by atoms with Gasteiger partial charge in [0, 0.05) is 28.6 Å². The van der Waals surface area contributed by atoms with Crippen molar-refractivity contribution in [3.05, 3.63) is 61.8 Å². The van der Waals surface area contributed by atoms with Gasteiger partial charge in [0.15, 0.2) is 0 Å². The van der Waals surface area contributed by atoms with E-state index in [2.05, 4.69) is 5.32 Å². The van der Waals surface area contributed by atoms with E-state index in [0.717, 1.165) is 4.88 Å². The van der Waals surface area contributed by atoms with Gasteiger partial charge in [-0.05, 0) is 38.5 Å². The molecule has 0 bridgehead atoms. The van der Waals surface area contributed by atoms with Gasteiger partial charge in [-0.25, -0.2) is 0 Å². The van der Waals surface area contributed by atoms with E-state index in [-0.39, 0.29) is 17.6 Å². The highest BCUT2D eigenvalue weighted by Gasteiger charge is 2.20. The number of hydrogen-bond donors (Lipinski definition) is 1. The van der Waals surface area contributed by atoms with Gasteiger partial charge in [0.25, 0.3) is 11.6 Å². The molecule has 6 nitrogen and oxygen atoms in total. The van der Waals surface area contributed by atoms with E-state index in [1.165, 1.54) is 12.1 Å². The molecule has 1 atom stereocenters. The van der Waals surface area contributed by atoms with Crippen molar-refractivity contribution in [2.75, 3.05) is 20.6 Å². The zero-order chi connectivity index (χ0) is 17.0. The van der Waals surface area contributed by atoms with Crippen LogP contribution in [0.25, 0.3) is 0 Å². The largest absolute Gasteiger partial charge is 0.350 e. The fraction of sp³-hybridized carbons (Fsp3) is 0.312. The third-order valence-electron chi connectivity index (χ3n) is 3.70. The standard InChI is InChI=1S/C16H19N3O3S/c1-11-12(6-4-7-13(11)19(21)22)16(20)17-10-14(18(2)3)15-8-5-9-23-15/h4-9,14H,10H2,1-3H3,(H,17,20)/t14-/m0/s1. The first-order valence-electron chi connectivity index (χ1n) is 7.14. The molecule has 0 aliphatic carbocycles. The first kappa shape index (κ1) is 17.1. The highest BCUT2D eigenvalue weighted by Crippen LogP contribution is 2.23. The summed E-state index contributed by atoms with van der Waals surface area (Å²) in [5, 5.41) is 15.9. The predicted molar refractivity (Wildman–Crippen MR) is 90.9 cm³/mol. The molecule has 1 heterocycles. The average Bonchev–Trinajstić information content (AvgIpc) is 3.00. The summed E-state index contributed by atoms with van der Waals surface area (Å²) in [4.78, 5) is 26.1. The van der Waals surface area contributed by atoms with Crippen molar-refractivity contribution < 1.29 is 9.72 Å². The molecular formula is C16H19N3O3S. The summed E-state index contributed by atoms with van der Waals surface area (Å²) < 4.78 is 0. The smallest absolute Gasteiger partial charge is 0.273 e. The molecule has 0 radical (unpaired) electrons. The summed E-state index contributed by atoms with van der Waals surface area (Å²) in [6.07, 6.45) is 0. The van der Waals surface area contributed by atoms with Crippen molar-refractivity contribution >= 4 is 22.9 Å². The van der Waals surface area contributed by atoms with E-state index in [0.29, 0.717) is 17.7 Å². The van der Waals surface area contributed by atoms with Crippen LogP contribution in [0.2, 0.25) is 0 Å². The third kappa shape index (κ3) is 3.94. The molecule has 2 aromatic rings. The summed E-state index contributed by atoms with van der Waals surface area (Å²) >= 11 is 1.63. The van der Waals surface area contributed by atoms with E-state index in [1.807, 2.05) is 36.5 Å². The minimum absolute atomic E-state index is 0.0416. The number of nitro groups is 1. The van der Waals surface area contributed by atoms with Gasteiger partial charge in [-0.15, -0.1) is 11.3 Å². The number of nitrogens with zero attached hydrogens (tertiary/aromatic N) is 2. The molecule has 0 aliphatic heterocycles. The topological polar surface area (TPSA) is 75.5 Å². The number of carbonyl (C=O) groups is 1. The van der Waals surface area contributed by atoms with Gasteiger partial charge in [0.1, 0.15) is 0 Å². The summed E-state index contributed by atoms with van der Waals surface area (Å²) in [5.74, 6) is -0.297. The fourth-order valence-corrected chi connectivity index (χ4v) is 3.29. The van der Waals surface area contributed by atoms with E-state index in [9.17, 15) is 14.9 Å². The Hall–Kier alpha value is -2.25. The average molecular weight is 333 g/mol. The number of nitro benzene ring substituents is 1. The van der Waals surface area contributed by atoms with Gasteiger partial charge in [-0.3, -0.25) is 14.9 Å². The van der Waals surface area contributed by atoms with Crippen LogP contribution in [0.3, 0.4) is 0 Å². The van der Waals surface area contributed by atoms with Crippen molar-refractivity contribution in [2.45, 2.75) is 13.0 Å². The second kappa shape index (κ2) is 7.34. The second-order valence-corrected chi connectivity index (χ2v) is 6.39. The Balaban J connectivity index is 2.13. The summed E-state index contributed by atoms with van der Waals surface area (Å²) in [5.41, 5.74) is 0.676. The summed E-state index contributed by atoms with van der Waals surface area (Å²) in [6, 6.07) is 8.61. The van der Waals surface area contributed by atoms with Crippen LogP contribution in [-0.2, 0) is 0 Å². The van der Waals surface area contributed by atoms with Crippen molar-refractivity contribution in [3.8, 4) is 0 Å². The molecular weight excluding hydrogens is 314 g/mol. The molecule has 7 heteroatoms. The van der Waals surface area contributed by atoms with Crippen molar-refractivity contribution in [2.24, 2.45) is 0 Å². The Morgan fingerprint density at radius 3 is 2.65 bits per heavy atom. The minimum Gasteiger partial charge on any atom is -0.350 e. The zero-order valence-corrected chi connectivity index (χ0v) is 14.1. The van der Waals surface area contributed by atoms with Crippen LogP contribution in [0.5, 0.6) is 0 Å². The molecule has 0 unspecified atom stereocenters. The number of hydrogen-bond acceptors (Lipinski definition) is 5. The van der Waals surface area contributed by atoms with Crippen LogP contribution in [0.4, 0.5) is 5.69 Å². The normalized spacial score (nSPS) is 12.2. The highest BCUT2D eigenvalue weighted by atomic mass is 32.1. The van der Waals surface area contributed by atoms with Gasteiger partial charge in [-0.2, -0.15) is 0 Å². The Labute approximate surface area is 138 Å². The highest BCUT2D eigenvalue weighted by molar-refractivity contribution is 7.10. The number of amides is 1. The van der Waals surface area contributed by atoms with Gasteiger partial charge in [-0.1, -0.05) is 12.1 Å². The first-order chi connectivity index (χ1) is 10.9. The van der Waals surface area contributed by atoms with Crippen LogP contribution >= 0.6 is 11.3 Å². The quantitative estimate of drug-likeness (QED) is 0.651. The molecule has 1 aromatic heterocycles. The molecule has 1 N–H and O–H groups in total. The minimum atomic E-state index is -0.472. The van der Waals surface area contributed by atoms with E-state index >= 15 is 0 Å². The maximum Gasteiger partial charge on any atom is 0.273 e. The van der Waals surface area contributed by atoms with Crippen molar-refractivity contribution in [1.82, 2.24) is 10.2 Å². The lowest BCUT2D eigenvalue weighted by Gasteiger charge is -2.23. The monoisotopic (exact) mass is 333 g/mol. The molecule has 122 valence electrons. The van der Waals surface area contributed by atoms with Gasteiger partial charge >= 0.3 is 0 Å². The SMILES string of the molecule is Cc1c(C(=O)NC[C@@H](c2cccs2)N(C)C)cccc1[N+](=O)[O-]. The van der Waals surface area contributed by atoms with Crippen LogP contribution in [0, 0.1) is 17.0 Å². The molecule has 23 heavy (non-hydrogen) atoms. The maximum atomic E-state index is 12.4. The Kier molecular flexibility index (Phi) is 5.46. The summed E-state index contributed by atoms with van der Waals surface area (Å²) in [7, 11) is 3.91. The number of thiophene rings is 1.